The Morgan fingerprint density at radius 2 is 0.521 bits per heavy atom. The molecule has 0 heterocycles. The normalized spacial score (nSPS) is 14.3. The molecule has 0 radical (unpaired) electrons. The summed E-state index contributed by atoms with van der Waals surface area (Å²) in [5, 5.41) is 35.6. The van der Waals surface area contributed by atoms with E-state index < -0.39 is 0 Å². The summed E-state index contributed by atoms with van der Waals surface area (Å²) < 4.78 is 16.8. The van der Waals surface area contributed by atoms with Crippen LogP contribution >= 0.6 is 0 Å². The number of aromatic hydroxyl groups is 3. The summed E-state index contributed by atoms with van der Waals surface area (Å²) in [5.74, 6) is 0.136. The van der Waals surface area contributed by atoms with Gasteiger partial charge < -0.3 is 15.3 Å². The van der Waals surface area contributed by atoms with Gasteiger partial charge in [0.05, 0.1) is 0 Å². The molecule has 256 valence electrons. The van der Waals surface area contributed by atoms with E-state index in [4.69, 9.17) is 0 Å². The lowest BCUT2D eigenvalue weighted by atomic mass is 9.79. The van der Waals surface area contributed by atoms with Gasteiger partial charge in [-0.25, -0.2) is 4.39 Å². The van der Waals surface area contributed by atoms with Crippen LogP contribution in [0.5, 0.6) is 17.2 Å². The van der Waals surface area contributed by atoms with E-state index in [1.165, 1.54) is 0 Å². The van der Waals surface area contributed by atoms with Crippen LogP contribution in [0, 0.1) is 5.82 Å². The Morgan fingerprint density at radius 1 is 0.354 bits per heavy atom. The van der Waals surface area contributed by atoms with Crippen LogP contribution in [0.3, 0.4) is 0 Å². The molecule has 0 aliphatic heterocycles. The fraction of sp³-hybridized carbons (Fsp3) is 0.455. The van der Waals surface area contributed by atoms with E-state index in [9.17, 15) is 15.3 Å². The van der Waals surface area contributed by atoms with Crippen LogP contribution in [-0.2, 0) is 47.3 Å². The third kappa shape index (κ3) is 7.14. The molecule has 0 saturated carbocycles. The van der Waals surface area contributed by atoms with Crippen molar-refractivity contribution in [3.8, 4) is 17.2 Å². The zero-order valence-electron chi connectivity index (χ0n) is 31.2. The average Bonchev–Trinajstić information content (AvgIpc) is 2.93. The van der Waals surface area contributed by atoms with E-state index in [1.54, 1.807) is 0 Å². The van der Waals surface area contributed by atoms with Crippen LogP contribution in [0.1, 0.15) is 150 Å². The van der Waals surface area contributed by atoms with Crippen molar-refractivity contribution in [2.75, 3.05) is 0 Å². The molecule has 3 N–H and O–H groups in total. The molecule has 0 unspecified atom stereocenters. The zero-order valence-corrected chi connectivity index (χ0v) is 31.2. The predicted octanol–water partition coefficient (Wildman–Crippen LogP) is 10.8. The van der Waals surface area contributed by atoms with Crippen molar-refractivity contribution in [2.45, 2.75) is 130 Å². The Morgan fingerprint density at radius 3 is 0.708 bits per heavy atom. The van der Waals surface area contributed by atoms with Gasteiger partial charge in [0.2, 0.25) is 0 Å². The molecule has 0 saturated heterocycles. The lowest BCUT2D eigenvalue weighted by molar-refractivity contribution is 0.451. The minimum Gasteiger partial charge on any atom is -0.507 e. The fourth-order valence-electron chi connectivity index (χ4n) is 6.65. The van der Waals surface area contributed by atoms with Crippen molar-refractivity contribution in [3.63, 3.8) is 0 Å². The number of halogens is 1. The molecule has 0 aromatic heterocycles. The summed E-state index contributed by atoms with van der Waals surface area (Å²) in [4.78, 5) is 0. The fourth-order valence-corrected chi connectivity index (χ4v) is 6.65. The quantitative estimate of drug-likeness (QED) is 0.156. The van der Waals surface area contributed by atoms with Gasteiger partial charge >= 0.3 is 0 Å². The van der Waals surface area contributed by atoms with Gasteiger partial charge in [0.1, 0.15) is 23.1 Å². The molecule has 0 atom stereocenters. The summed E-state index contributed by atoms with van der Waals surface area (Å²) >= 11 is 0. The Balaban J connectivity index is 1.89. The van der Waals surface area contributed by atoms with Gasteiger partial charge in [-0.15, -0.1) is 0 Å². The Bertz CT molecular complexity index is 1510. The van der Waals surface area contributed by atoms with Crippen LogP contribution in [0.15, 0.2) is 48.5 Å². The summed E-state index contributed by atoms with van der Waals surface area (Å²) in [6, 6.07) is 16.0. The SMILES string of the molecule is CC(C)(C)c1cc2c(O)c(c1)Cc1cc(C(C)(C)C)cc(c1O)Cc1cc(C(C)(C)C)cc(c1F)Cc1cc(C(C)(C)C)cc(c1O)C2. The monoisotopic (exact) mass is 650 g/mol. The first kappa shape index (κ1) is 35.5. The van der Waals surface area contributed by atoms with Crippen molar-refractivity contribution in [2.24, 2.45) is 0 Å². The van der Waals surface area contributed by atoms with E-state index >= 15 is 4.39 Å². The highest BCUT2D eigenvalue weighted by Gasteiger charge is 2.27. The smallest absolute Gasteiger partial charge is 0.130 e. The van der Waals surface area contributed by atoms with Crippen LogP contribution in [0.4, 0.5) is 4.39 Å². The van der Waals surface area contributed by atoms with Crippen LogP contribution in [-0.4, -0.2) is 15.3 Å². The average molecular weight is 651 g/mol. The largest absolute Gasteiger partial charge is 0.507 e. The number of phenols is 3. The number of phenolic OH excluding ortho intramolecular Hbond substituents is 3. The molecule has 0 spiro atoms. The molecule has 8 bridgehead atoms. The first-order valence-corrected chi connectivity index (χ1v) is 17.3. The lowest BCUT2D eigenvalue weighted by Crippen LogP contribution is -2.16. The second kappa shape index (κ2) is 12.0. The molecule has 48 heavy (non-hydrogen) atoms. The van der Waals surface area contributed by atoms with E-state index in [-0.39, 0.29) is 57.6 Å². The van der Waals surface area contributed by atoms with E-state index in [0.29, 0.717) is 57.3 Å². The zero-order chi connectivity index (χ0) is 35.7. The number of hydrogen-bond acceptors (Lipinski definition) is 3. The maximum absolute atomic E-state index is 16.8. The van der Waals surface area contributed by atoms with Gasteiger partial charge in [-0.1, -0.05) is 132 Å². The number of fused-ring (bicyclic) bond motifs is 8. The number of rotatable bonds is 0. The third-order valence-electron chi connectivity index (χ3n) is 10.0. The van der Waals surface area contributed by atoms with Crippen LogP contribution in [0.25, 0.3) is 0 Å². The number of hydrogen-bond donors (Lipinski definition) is 3. The second-order valence-corrected chi connectivity index (χ2v) is 18.2. The van der Waals surface area contributed by atoms with Gasteiger partial charge in [0.25, 0.3) is 0 Å². The topological polar surface area (TPSA) is 60.7 Å². The van der Waals surface area contributed by atoms with E-state index in [1.807, 2.05) is 48.5 Å². The van der Waals surface area contributed by atoms with Crippen molar-refractivity contribution < 1.29 is 19.7 Å². The van der Waals surface area contributed by atoms with Gasteiger partial charge in [0, 0.05) is 25.7 Å². The molecule has 3 nitrogen and oxygen atoms in total. The minimum absolute atomic E-state index is 0.136. The van der Waals surface area contributed by atoms with Gasteiger partial charge in [-0.2, -0.15) is 0 Å². The molecule has 1 aliphatic carbocycles. The molecule has 0 amide bonds. The third-order valence-corrected chi connectivity index (χ3v) is 10.0. The molecule has 4 aromatic rings. The highest BCUT2D eigenvalue weighted by Crippen LogP contribution is 2.41. The second-order valence-electron chi connectivity index (χ2n) is 18.2. The standard InChI is InChI=1S/C44H55FO3/c1-41(2,3)33-17-25-13-27-19-34(42(4,5)6)21-29(38(27)46)15-31-23-36(44(10,11)12)24-32(40(31)48)16-30-22-35(43(7,8)9)20-28(39(30)47)14-26(18-33)37(25)45/h17-24,46-48H,13-16H2,1-12H3. The first-order valence-electron chi connectivity index (χ1n) is 17.3. The summed E-state index contributed by atoms with van der Waals surface area (Å²) in [7, 11) is 0. The maximum Gasteiger partial charge on any atom is 0.130 e. The first-order chi connectivity index (χ1) is 21.9. The summed E-state index contributed by atoms with van der Waals surface area (Å²) in [5.41, 5.74) is 8.44. The van der Waals surface area contributed by atoms with Crippen LogP contribution < -0.4 is 0 Å². The van der Waals surface area contributed by atoms with Crippen LogP contribution in [0.2, 0.25) is 0 Å². The predicted molar refractivity (Wildman–Crippen MR) is 197 cm³/mol. The molecule has 1 aliphatic rings. The molecular weight excluding hydrogens is 595 g/mol. The Labute approximate surface area is 287 Å². The summed E-state index contributed by atoms with van der Waals surface area (Å²) in [6.45, 7) is 25.7. The van der Waals surface area contributed by atoms with Crippen molar-refractivity contribution in [3.05, 3.63) is 121 Å². The van der Waals surface area contributed by atoms with Gasteiger partial charge in [-0.3, -0.25) is 0 Å². The molecule has 5 rings (SSSR count). The van der Waals surface area contributed by atoms with Crippen molar-refractivity contribution >= 4 is 0 Å². The van der Waals surface area contributed by atoms with E-state index in [2.05, 4.69) is 83.1 Å². The molecule has 4 heteroatoms. The molecular formula is C44H55FO3. The van der Waals surface area contributed by atoms with E-state index in [0.717, 1.165) is 22.3 Å². The van der Waals surface area contributed by atoms with Gasteiger partial charge in [-0.05, 0) is 88.4 Å². The molecule has 4 aromatic carbocycles. The maximum atomic E-state index is 16.8. The number of benzene rings is 4. The van der Waals surface area contributed by atoms with Crippen molar-refractivity contribution in [1.82, 2.24) is 0 Å². The van der Waals surface area contributed by atoms with Crippen molar-refractivity contribution in [1.29, 1.82) is 0 Å². The molecule has 0 fully saturated rings. The summed E-state index contributed by atoms with van der Waals surface area (Å²) in [6.07, 6.45) is 1.04. The Hall–Kier alpha value is -3.79. The lowest BCUT2D eigenvalue weighted by Gasteiger charge is -2.26. The Kier molecular flexibility index (Phi) is 8.85. The highest BCUT2D eigenvalue weighted by atomic mass is 19.1. The highest BCUT2D eigenvalue weighted by molar-refractivity contribution is 5.57. The van der Waals surface area contributed by atoms with Gasteiger partial charge in [0.15, 0.2) is 0 Å². The minimum atomic E-state index is -0.308.